The van der Waals surface area contributed by atoms with Crippen LogP contribution in [0, 0.1) is 0 Å². The summed E-state index contributed by atoms with van der Waals surface area (Å²) in [5.74, 6) is -0.0796. The Balaban J connectivity index is 1.52. The van der Waals surface area contributed by atoms with Gasteiger partial charge in [-0.3, -0.25) is 4.79 Å². The Labute approximate surface area is 170 Å². The predicted octanol–water partition coefficient (Wildman–Crippen LogP) is 5.27. The zero-order valence-corrected chi connectivity index (χ0v) is 17.1. The van der Waals surface area contributed by atoms with Gasteiger partial charge in [-0.15, -0.1) is 11.3 Å². The number of rotatable bonds is 4. The number of hydrogen-bond donors (Lipinski definition) is 1. The molecule has 4 nitrogen and oxygen atoms in total. The first-order valence-corrected chi connectivity index (χ1v) is 10.4. The van der Waals surface area contributed by atoms with Crippen LogP contribution in [0.2, 0.25) is 0 Å². The summed E-state index contributed by atoms with van der Waals surface area (Å²) < 4.78 is 6.48. The fraction of sp³-hybridized carbons (Fsp3) is 0.190. The van der Waals surface area contributed by atoms with Crippen LogP contribution in [0.1, 0.15) is 9.67 Å². The molecule has 6 heteroatoms. The quantitative estimate of drug-likeness (QED) is 0.598. The van der Waals surface area contributed by atoms with Crippen molar-refractivity contribution in [2.24, 2.45) is 0 Å². The lowest BCUT2D eigenvalue weighted by atomic mass is 10.2. The molecular formula is C21H19BrN2O2S. The molecule has 0 spiro atoms. The highest BCUT2D eigenvalue weighted by atomic mass is 79.9. The zero-order chi connectivity index (χ0) is 18.6. The molecular weight excluding hydrogens is 424 g/mol. The van der Waals surface area contributed by atoms with Gasteiger partial charge in [0.2, 0.25) is 0 Å². The van der Waals surface area contributed by atoms with E-state index in [-0.39, 0.29) is 5.91 Å². The van der Waals surface area contributed by atoms with Gasteiger partial charge in [0.1, 0.15) is 0 Å². The Hall–Kier alpha value is -2.15. The number of morpholine rings is 1. The van der Waals surface area contributed by atoms with Crippen molar-refractivity contribution in [2.45, 2.75) is 0 Å². The number of halogens is 1. The molecule has 3 aromatic rings. The standard InChI is InChI=1S/C21H19BrN2O2S/c22-16-7-5-15(6-8-16)19-9-10-20(27-19)21(25)23-17-3-1-2-4-18(17)24-11-13-26-14-12-24/h1-10H,11-14H2,(H,23,25). The fourth-order valence-corrected chi connectivity index (χ4v) is 4.24. The highest BCUT2D eigenvalue weighted by molar-refractivity contribution is 9.10. The average Bonchev–Trinajstić information content (AvgIpc) is 3.20. The molecule has 0 saturated carbocycles. The van der Waals surface area contributed by atoms with Crippen molar-refractivity contribution in [3.63, 3.8) is 0 Å². The summed E-state index contributed by atoms with van der Waals surface area (Å²) in [6.45, 7) is 3.09. The van der Waals surface area contributed by atoms with Crippen LogP contribution in [0.5, 0.6) is 0 Å². The molecule has 27 heavy (non-hydrogen) atoms. The van der Waals surface area contributed by atoms with Crippen molar-refractivity contribution >= 4 is 44.5 Å². The zero-order valence-electron chi connectivity index (χ0n) is 14.7. The van der Waals surface area contributed by atoms with Crippen molar-refractivity contribution in [2.75, 3.05) is 36.5 Å². The first-order chi connectivity index (χ1) is 13.2. The SMILES string of the molecule is O=C(Nc1ccccc1N1CCOCC1)c1ccc(-c2ccc(Br)cc2)s1. The van der Waals surface area contributed by atoms with Crippen LogP contribution in [-0.2, 0) is 4.74 Å². The third kappa shape index (κ3) is 4.24. The second kappa shape index (κ2) is 8.25. The molecule has 0 unspecified atom stereocenters. The molecule has 1 aliphatic heterocycles. The molecule has 1 saturated heterocycles. The van der Waals surface area contributed by atoms with Crippen molar-refractivity contribution in [1.29, 1.82) is 0 Å². The van der Waals surface area contributed by atoms with Crippen LogP contribution in [0.4, 0.5) is 11.4 Å². The number of nitrogens with zero attached hydrogens (tertiary/aromatic N) is 1. The van der Waals surface area contributed by atoms with Gasteiger partial charge in [-0.25, -0.2) is 0 Å². The fourth-order valence-electron chi connectivity index (χ4n) is 3.07. The average molecular weight is 443 g/mol. The molecule has 0 atom stereocenters. The number of para-hydroxylation sites is 2. The van der Waals surface area contributed by atoms with Gasteiger partial charge in [0, 0.05) is 22.4 Å². The van der Waals surface area contributed by atoms with Crippen molar-refractivity contribution in [1.82, 2.24) is 0 Å². The maximum absolute atomic E-state index is 12.8. The molecule has 0 aliphatic carbocycles. The van der Waals surface area contributed by atoms with Crippen molar-refractivity contribution < 1.29 is 9.53 Å². The van der Waals surface area contributed by atoms with Gasteiger partial charge >= 0.3 is 0 Å². The van der Waals surface area contributed by atoms with E-state index in [9.17, 15) is 4.79 Å². The number of amides is 1. The molecule has 1 fully saturated rings. The third-order valence-corrected chi connectivity index (χ3v) is 6.12. The monoisotopic (exact) mass is 442 g/mol. The minimum Gasteiger partial charge on any atom is -0.378 e. The van der Waals surface area contributed by atoms with E-state index in [1.807, 2.05) is 60.7 Å². The van der Waals surface area contributed by atoms with E-state index in [4.69, 9.17) is 4.74 Å². The molecule has 2 aromatic carbocycles. The molecule has 1 aromatic heterocycles. The van der Waals surface area contributed by atoms with Gasteiger partial charge in [-0.1, -0.05) is 40.2 Å². The number of anilines is 2. The number of ether oxygens (including phenoxy) is 1. The van der Waals surface area contributed by atoms with Gasteiger partial charge in [-0.2, -0.15) is 0 Å². The normalized spacial score (nSPS) is 14.2. The van der Waals surface area contributed by atoms with Crippen LogP contribution in [-0.4, -0.2) is 32.2 Å². The summed E-state index contributed by atoms with van der Waals surface area (Å²) in [7, 11) is 0. The number of nitrogens with one attached hydrogen (secondary N) is 1. The Bertz CT molecular complexity index is 933. The lowest BCUT2D eigenvalue weighted by molar-refractivity contribution is 0.103. The second-order valence-corrected chi connectivity index (χ2v) is 8.24. The maximum atomic E-state index is 12.8. The Morgan fingerprint density at radius 1 is 1.00 bits per heavy atom. The number of carbonyl (C=O) groups excluding carboxylic acids is 1. The van der Waals surface area contributed by atoms with Gasteiger partial charge < -0.3 is 15.0 Å². The molecule has 1 aliphatic rings. The number of thiophene rings is 1. The first-order valence-electron chi connectivity index (χ1n) is 8.79. The largest absolute Gasteiger partial charge is 0.378 e. The summed E-state index contributed by atoms with van der Waals surface area (Å²) in [5.41, 5.74) is 2.98. The Kier molecular flexibility index (Phi) is 5.57. The van der Waals surface area contributed by atoms with E-state index in [1.54, 1.807) is 0 Å². The van der Waals surface area contributed by atoms with Crippen molar-refractivity contribution in [3.8, 4) is 10.4 Å². The van der Waals surface area contributed by atoms with Gasteiger partial charge in [0.25, 0.3) is 5.91 Å². The summed E-state index contributed by atoms with van der Waals surface area (Å²) in [6.07, 6.45) is 0. The molecule has 0 bridgehead atoms. The lowest BCUT2D eigenvalue weighted by Gasteiger charge is -2.30. The molecule has 0 radical (unpaired) electrons. The number of benzene rings is 2. The summed E-state index contributed by atoms with van der Waals surface area (Å²) >= 11 is 4.95. The topological polar surface area (TPSA) is 41.6 Å². The summed E-state index contributed by atoms with van der Waals surface area (Å²) in [6, 6.07) is 19.9. The smallest absolute Gasteiger partial charge is 0.265 e. The summed E-state index contributed by atoms with van der Waals surface area (Å²) in [4.78, 5) is 16.8. The van der Waals surface area contributed by atoms with Gasteiger partial charge in [0.15, 0.2) is 0 Å². The highest BCUT2D eigenvalue weighted by Crippen LogP contribution is 2.31. The molecule has 1 amide bonds. The second-order valence-electron chi connectivity index (χ2n) is 6.24. The van der Waals surface area contributed by atoms with Crippen LogP contribution >= 0.6 is 27.3 Å². The van der Waals surface area contributed by atoms with E-state index in [1.165, 1.54) is 11.3 Å². The van der Waals surface area contributed by atoms with E-state index >= 15 is 0 Å². The Morgan fingerprint density at radius 2 is 1.74 bits per heavy atom. The minimum absolute atomic E-state index is 0.0796. The molecule has 138 valence electrons. The van der Waals surface area contributed by atoms with Gasteiger partial charge in [-0.05, 0) is 42.0 Å². The van der Waals surface area contributed by atoms with E-state index in [0.29, 0.717) is 18.1 Å². The highest BCUT2D eigenvalue weighted by Gasteiger charge is 2.17. The minimum atomic E-state index is -0.0796. The Morgan fingerprint density at radius 3 is 2.52 bits per heavy atom. The first kappa shape index (κ1) is 18.2. The molecule has 4 rings (SSSR count). The van der Waals surface area contributed by atoms with E-state index < -0.39 is 0 Å². The predicted molar refractivity (Wildman–Crippen MR) is 115 cm³/mol. The molecule has 1 N–H and O–H groups in total. The molecule has 2 heterocycles. The maximum Gasteiger partial charge on any atom is 0.265 e. The third-order valence-electron chi connectivity index (χ3n) is 4.46. The lowest BCUT2D eigenvalue weighted by Crippen LogP contribution is -2.36. The van der Waals surface area contributed by atoms with Crippen LogP contribution in [0.3, 0.4) is 0 Å². The number of hydrogen-bond acceptors (Lipinski definition) is 4. The van der Waals surface area contributed by atoms with Crippen LogP contribution in [0.15, 0.2) is 65.1 Å². The van der Waals surface area contributed by atoms with Crippen LogP contribution < -0.4 is 10.2 Å². The van der Waals surface area contributed by atoms with Crippen LogP contribution in [0.25, 0.3) is 10.4 Å². The summed E-state index contributed by atoms with van der Waals surface area (Å²) in [5, 5.41) is 3.08. The van der Waals surface area contributed by atoms with Gasteiger partial charge in [0.05, 0.1) is 29.5 Å². The van der Waals surface area contributed by atoms with Crippen molar-refractivity contribution in [3.05, 3.63) is 70.0 Å². The van der Waals surface area contributed by atoms with E-state index in [0.717, 1.165) is 39.4 Å². The van der Waals surface area contributed by atoms with E-state index in [2.05, 4.69) is 26.1 Å². The number of carbonyl (C=O) groups is 1.